The summed E-state index contributed by atoms with van der Waals surface area (Å²) >= 11 is 1.08. The Bertz CT molecular complexity index is 947. The third-order valence-corrected chi connectivity index (χ3v) is 6.80. The van der Waals surface area contributed by atoms with Crippen molar-refractivity contribution in [2.75, 3.05) is 18.8 Å². The molecule has 2 aromatic rings. The maximum Gasteiger partial charge on any atom is 0.269 e. The van der Waals surface area contributed by atoms with Gasteiger partial charge in [-0.25, -0.2) is 17.8 Å². The molecule has 0 aliphatic carbocycles. The fourth-order valence-electron chi connectivity index (χ4n) is 2.29. The van der Waals surface area contributed by atoms with Gasteiger partial charge in [-0.05, 0) is 36.4 Å². The number of pyridine rings is 1. The lowest BCUT2D eigenvalue weighted by Crippen LogP contribution is -2.42. The predicted molar refractivity (Wildman–Crippen MR) is 107 cm³/mol. The maximum absolute atomic E-state index is 12.8. The van der Waals surface area contributed by atoms with E-state index in [0.717, 1.165) is 23.9 Å². The average Bonchev–Trinajstić information content (AvgIpc) is 2.72. The molecule has 11 heteroatoms. The molecule has 0 fully saturated rings. The van der Waals surface area contributed by atoms with Crippen LogP contribution in [0.5, 0.6) is 0 Å². The normalized spacial score (nSPS) is 11.3. The van der Waals surface area contributed by atoms with E-state index in [1.54, 1.807) is 13.8 Å². The van der Waals surface area contributed by atoms with Crippen molar-refractivity contribution in [3.05, 3.63) is 54.0 Å². The van der Waals surface area contributed by atoms with Gasteiger partial charge in [-0.2, -0.15) is 4.31 Å². The average molecular weight is 441 g/mol. The second-order valence-electron chi connectivity index (χ2n) is 5.72. The fourth-order valence-corrected chi connectivity index (χ4v) is 4.34. The lowest BCUT2D eigenvalue weighted by Gasteiger charge is -2.18. The van der Waals surface area contributed by atoms with Gasteiger partial charge in [0.2, 0.25) is 15.9 Å². The molecule has 1 aromatic carbocycles. The number of carbonyl (C=O) groups is 2. The first-order valence-electron chi connectivity index (χ1n) is 8.71. The van der Waals surface area contributed by atoms with E-state index in [2.05, 4.69) is 15.8 Å². The molecule has 2 amide bonds. The molecule has 0 bridgehead atoms. The van der Waals surface area contributed by atoms with E-state index in [-0.39, 0.29) is 16.2 Å². The van der Waals surface area contributed by atoms with Gasteiger partial charge in [0.05, 0.1) is 10.8 Å². The Labute approximate surface area is 172 Å². The third kappa shape index (κ3) is 6.24. The summed E-state index contributed by atoms with van der Waals surface area (Å²) in [6, 6.07) is 7.83. The molecule has 1 heterocycles. The molecule has 2 N–H and O–H groups in total. The van der Waals surface area contributed by atoms with Crippen molar-refractivity contribution in [2.45, 2.75) is 23.8 Å². The number of halogens is 1. The minimum Gasteiger partial charge on any atom is -0.272 e. The second kappa shape index (κ2) is 10.3. The fraction of sp³-hybridized carbons (Fsp3) is 0.278. The number of amides is 2. The zero-order valence-electron chi connectivity index (χ0n) is 15.9. The number of aromatic nitrogens is 1. The van der Waals surface area contributed by atoms with Gasteiger partial charge in [0.15, 0.2) is 0 Å². The van der Waals surface area contributed by atoms with Crippen molar-refractivity contribution in [1.29, 1.82) is 0 Å². The number of hydrogen-bond acceptors (Lipinski definition) is 6. The van der Waals surface area contributed by atoms with Crippen LogP contribution in [0.3, 0.4) is 0 Å². The molecule has 0 aliphatic heterocycles. The zero-order chi connectivity index (χ0) is 21.4. The standard InChI is InChI=1S/C18H21FN4O4S2/c1-3-23(4-2)29(26,27)15-9-10-17(20-11-15)28-12-16(24)21-22-18(25)13-5-7-14(19)8-6-13/h5-11H,3-4,12H2,1-2H3,(H,21,24)(H,22,25). The molecule has 0 saturated heterocycles. The molecule has 0 radical (unpaired) electrons. The van der Waals surface area contributed by atoms with Crippen LogP contribution in [0, 0.1) is 5.82 Å². The van der Waals surface area contributed by atoms with Crippen LogP contribution in [0.2, 0.25) is 0 Å². The van der Waals surface area contributed by atoms with Crippen molar-refractivity contribution in [3.8, 4) is 0 Å². The summed E-state index contributed by atoms with van der Waals surface area (Å²) in [7, 11) is -3.59. The Morgan fingerprint density at radius 3 is 2.28 bits per heavy atom. The number of thioether (sulfide) groups is 1. The van der Waals surface area contributed by atoms with Crippen molar-refractivity contribution >= 4 is 33.6 Å². The summed E-state index contributed by atoms with van der Waals surface area (Å²) in [5.41, 5.74) is 4.68. The maximum atomic E-state index is 12.8. The number of rotatable bonds is 8. The predicted octanol–water partition coefficient (Wildman–Crippen LogP) is 1.80. The van der Waals surface area contributed by atoms with Gasteiger partial charge in [0.25, 0.3) is 5.91 Å². The van der Waals surface area contributed by atoms with Crippen molar-refractivity contribution in [1.82, 2.24) is 20.1 Å². The van der Waals surface area contributed by atoms with Crippen molar-refractivity contribution < 1.29 is 22.4 Å². The van der Waals surface area contributed by atoms with Gasteiger partial charge in [-0.15, -0.1) is 0 Å². The first-order chi connectivity index (χ1) is 13.8. The van der Waals surface area contributed by atoms with Crippen LogP contribution in [-0.4, -0.2) is 48.4 Å². The third-order valence-electron chi connectivity index (χ3n) is 3.83. The molecule has 8 nitrogen and oxygen atoms in total. The summed E-state index contributed by atoms with van der Waals surface area (Å²) in [4.78, 5) is 27.9. The van der Waals surface area contributed by atoms with Gasteiger partial charge in [0.1, 0.15) is 10.7 Å². The van der Waals surface area contributed by atoms with Crippen LogP contribution < -0.4 is 10.9 Å². The molecular weight excluding hydrogens is 419 g/mol. The Kier molecular flexibility index (Phi) is 8.11. The highest BCUT2D eigenvalue weighted by Gasteiger charge is 2.21. The quantitative estimate of drug-likeness (QED) is 0.479. The minimum absolute atomic E-state index is 0.0428. The van der Waals surface area contributed by atoms with E-state index in [0.29, 0.717) is 18.1 Å². The topological polar surface area (TPSA) is 108 Å². The molecule has 1 aromatic heterocycles. The molecule has 0 aliphatic rings. The van der Waals surface area contributed by atoms with Gasteiger partial charge in [-0.1, -0.05) is 25.6 Å². The first kappa shape index (κ1) is 22.8. The Hall–Kier alpha value is -2.50. The highest BCUT2D eigenvalue weighted by molar-refractivity contribution is 7.99. The summed E-state index contributed by atoms with van der Waals surface area (Å²) < 4.78 is 39.0. The van der Waals surface area contributed by atoms with Gasteiger partial charge >= 0.3 is 0 Å². The van der Waals surface area contributed by atoms with Gasteiger partial charge in [-0.3, -0.25) is 20.4 Å². The highest BCUT2D eigenvalue weighted by Crippen LogP contribution is 2.19. The van der Waals surface area contributed by atoms with Crippen LogP contribution in [-0.2, 0) is 14.8 Å². The lowest BCUT2D eigenvalue weighted by atomic mass is 10.2. The number of carbonyl (C=O) groups excluding carboxylic acids is 2. The number of nitrogens with one attached hydrogen (secondary N) is 2. The van der Waals surface area contributed by atoms with E-state index in [1.165, 1.54) is 34.8 Å². The molecular formula is C18H21FN4O4S2. The zero-order valence-corrected chi connectivity index (χ0v) is 17.5. The summed E-state index contributed by atoms with van der Waals surface area (Å²) in [5, 5.41) is 0.462. The first-order valence-corrected chi connectivity index (χ1v) is 11.1. The molecule has 0 spiro atoms. The molecule has 0 unspecified atom stereocenters. The number of hydrogen-bond donors (Lipinski definition) is 2. The van der Waals surface area contributed by atoms with Gasteiger partial charge < -0.3 is 0 Å². The Morgan fingerprint density at radius 2 is 1.72 bits per heavy atom. The number of hydrazine groups is 1. The highest BCUT2D eigenvalue weighted by atomic mass is 32.2. The molecule has 0 saturated carbocycles. The minimum atomic E-state index is -3.59. The van der Waals surface area contributed by atoms with Crippen LogP contribution in [0.15, 0.2) is 52.5 Å². The number of sulfonamides is 1. The Morgan fingerprint density at radius 1 is 1.07 bits per heavy atom. The van der Waals surface area contributed by atoms with Crippen LogP contribution in [0.4, 0.5) is 4.39 Å². The van der Waals surface area contributed by atoms with Crippen LogP contribution >= 0.6 is 11.8 Å². The second-order valence-corrected chi connectivity index (χ2v) is 8.65. The SMILES string of the molecule is CCN(CC)S(=O)(=O)c1ccc(SCC(=O)NNC(=O)c2ccc(F)cc2)nc1. The number of nitrogens with zero attached hydrogens (tertiary/aromatic N) is 2. The number of benzene rings is 1. The summed E-state index contributed by atoms with van der Waals surface area (Å²) in [6.07, 6.45) is 1.25. The summed E-state index contributed by atoms with van der Waals surface area (Å²) in [5.74, 6) is -1.57. The van der Waals surface area contributed by atoms with E-state index >= 15 is 0 Å². The van der Waals surface area contributed by atoms with Gasteiger partial charge in [0, 0.05) is 24.8 Å². The smallest absolute Gasteiger partial charge is 0.269 e. The molecule has 156 valence electrons. The largest absolute Gasteiger partial charge is 0.272 e. The molecule has 0 atom stereocenters. The van der Waals surface area contributed by atoms with E-state index < -0.39 is 27.7 Å². The lowest BCUT2D eigenvalue weighted by molar-refractivity contribution is -0.119. The summed E-state index contributed by atoms with van der Waals surface area (Å²) in [6.45, 7) is 4.23. The van der Waals surface area contributed by atoms with Crippen LogP contribution in [0.1, 0.15) is 24.2 Å². The Balaban J connectivity index is 1.86. The van der Waals surface area contributed by atoms with E-state index in [9.17, 15) is 22.4 Å². The van der Waals surface area contributed by atoms with Crippen molar-refractivity contribution in [3.63, 3.8) is 0 Å². The van der Waals surface area contributed by atoms with E-state index in [1.807, 2.05) is 0 Å². The monoisotopic (exact) mass is 440 g/mol. The van der Waals surface area contributed by atoms with Crippen LogP contribution in [0.25, 0.3) is 0 Å². The van der Waals surface area contributed by atoms with Crippen molar-refractivity contribution in [2.24, 2.45) is 0 Å². The molecule has 29 heavy (non-hydrogen) atoms. The molecule has 2 rings (SSSR count). The van der Waals surface area contributed by atoms with E-state index in [4.69, 9.17) is 0 Å².